The van der Waals surface area contributed by atoms with Crippen molar-refractivity contribution in [1.82, 2.24) is 15.2 Å². The third-order valence-corrected chi connectivity index (χ3v) is 4.57. The molecule has 0 unspecified atom stereocenters. The highest BCUT2D eigenvalue weighted by Crippen LogP contribution is 2.17. The molecule has 1 aromatic heterocycles. The topological polar surface area (TPSA) is 101 Å². The molecule has 4 rings (SSSR count). The van der Waals surface area contributed by atoms with Crippen LogP contribution in [0.5, 0.6) is 11.5 Å². The van der Waals surface area contributed by atoms with Crippen molar-refractivity contribution in [1.29, 1.82) is 0 Å². The van der Waals surface area contributed by atoms with Gasteiger partial charge in [-0.1, -0.05) is 30.3 Å². The van der Waals surface area contributed by atoms with Crippen molar-refractivity contribution in [2.24, 2.45) is 5.10 Å². The maximum atomic E-state index is 12.3. The van der Waals surface area contributed by atoms with E-state index in [2.05, 4.69) is 25.7 Å². The molecule has 0 aliphatic heterocycles. The van der Waals surface area contributed by atoms with E-state index in [1.165, 1.54) is 0 Å². The van der Waals surface area contributed by atoms with Crippen LogP contribution in [-0.4, -0.2) is 28.5 Å². The Morgan fingerprint density at radius 1 is 0.938 bits per heavy atom. The Kier molecular flexibility index (Phi) is 6.52. The number of hydrogen-bond donors (Lipinski definition) is 2. The van der Waals surface area contributed by atoms with Crippen molar-refractivity contribution < 1.29 is 9.47 Å². The first-order chi connectivity index (χ1) is 15.7. The van der Waals surface area contributed by atoms with E-state index in [1.807, 2.05) is 54.6 Å². The van der Waals surface area contributed by atoms with Gasteiger partial charge in [0.2, 0.25) is 5.95 Å². The van der Waals surface area contributed by atoms with E-state index in [1.54, 1.807) is 37.6 Å². The minimum Gasteiger partial charge on any atom is -0.497 e. The summed E-state index contributed by atoms with van der Waals surface area (Å²) in [6, 6.07) is 24.5. The van der Waals surface area contributed by atoms with Crippen LogP contribution in [-0.2, 0) is 6.61 Å². The SMILES string of the molecule is COc1ccc(-c2nnc(N/N=C/c3ccc(OCc4ccccc4)cc3)[nH]c2=O)cc1. The second-order valence-corrected chi connectivity index (χ2v) is 6.79. The lowest BCUT2D eigenvalue weighted by molar-refractivity contribution is 0.306. The van der Waals surface area contributed by atoms with Crippen molar-refractivity contribution in [3.05, 3.63) is 100 Å². The summed E-state index contributed by atoms with van der Waals surface area (Å²) in [6.45, 7) is 0.508. The number of aromatic amines is 1. The van der Waals surface area contributed by atoms with Gasteiger partial charge in [0.1, 0.15) is 18.1 Å². The minimum absolute atomic E-state index is 0.145. The maximum absolute atomic E-state index is 12.3. The molecule has 0 aliphatic rings. The molecule has 2 N–H and O–H groups in total. The van der Waals surface area contributed by atoms with Crippen molar-refractivity contribution in [3.63, 3.8) is 0 Å². The summed E-state index contributed by atoms with van der Waals surface area (Å²) in [5.41, 5.74) is 5.13. The Hall–Kier alpha value is -4.46. The van der Waals surface area contributed by atoms with E-state index >= 15 is 0 Å². The average molecular weight is 427 g/mol. The van der Waals surface area contributed by atoms with Crippen LogP contribution >= 0.6 is 0 Å². The molecule has 0 radical (unpaired) electrons. The number of anilines is 1. The van der Waals surface area contributed by atoms with Gasteiger partial charge in [0.15, 0.2) is 5.69 Å². The number of H-pyrrole nitrogens is 1. The van der Waals surface area contributed by atoms with Gasteiger partial charge in [-0.25, -0.2) is 5.43 Å². The van der Waals surface area contributed by atoms with E-state index in [0.717, 1.165) is 16.9 Å². The highest BCUT2D eigenvalue weighted by atomic mass is 16.5. The first-order valence-corrected chi connectivity index (χ1v) is 9.88. The van der Waals surface area contributed by atoms with E-state index in [-0.39, 0.29) is 17.2 Å². The molecule has 0 atom stereocenters. The highest BCUT2D eigenvalue weighted by molar-refractivity contribution is 5.80. The van der Waals surface area contributed by atoms with Crippen LogP contribution < -0.4 is 20.5 Å². The first-order valence-electron chi connectivity index (χ1n) is 9.88. The molecule has 32 heavy (non-hydrogen) atoms. The van der Waals surface area contributed by atoms with Crippen molar-refractivity contribution in [2.75, 3.05) is 12.5 Å². The molecule has 0 bridgehead atoms. The van der Waals surface area contributed by atoms with Gasteiger partial charge in [-0.3, -0.25) is 9.78 Å². The fourth-order valence-electron chi connectivity index (χ4n) is 2.88. The lowest BCUT2D eigenvalue weighted by Crippen LogP contribution is -2.15. The number of hydrogen-bond acceptors (Lipinski definition) is 7. The Morgan fingerprint density at radius 3 is 2.34 bits per heavy atom. The zero-order valence-corrected chi connectivity index (χ0v) is 17.4. The molecule has 4 aromatic rings. The number of nitrogens with one attached hydrogen (secondary N) is 2. The largest absolute Gasteiger partial charge is 0.497 e. The Balaban J connectivity index is 1.34. The second-order valence-electron chi connectivity index (χ2n) is 6.79. The first kappa shape index (κ1) is 20.8. The summed E-state index contributed by atoms with van der Waals surface area (Å²) < 4.78 is 10.9. The molecule has 0 aliphatic carbocycles. The number of hydrazone groups is 1. The number of rotatable bonds is 8. The molecule has 0 spiro atoms. The molecular formula is C24H21N5O3. The van der Waals surface area contributed by atoms with Gasteiger partial charge in [-0.05, 0) is 59.7 Å². The van der Waals surface area contributed by atoms with Crippen molar-refractivity contribution in [3.8, 4) is 22.8 Å². The molecule has 8 heteroatoms. The summed E-state index contributed by atoms with van der Waals surface area (Å²) in [5, 5.41) is 12.1. The summed E-state index contributed by atoms with van der Waals surface area (Å²) >= 11 is 0. The standard InChI is InChI=1S/C24H21N5O3/c1-31-20-13-9-19(10-14-20)22-23(30)26-24(29-27-22)28-25-15-17-7-11-21(12-8-17)32-16-18-5-3-2-4-6-18/h2-15H,16H2,1H3,(H2,26,28,29,30)/b25-15+. The van der Waals surface area contributed by atoms with E-state index < -0.39 is 0 Å². The number of ether oxygens (including phenoxy) is 2. The van der Waals surface area contributed by atoms with Crippen LogP contribution in [0, 0.1) is 0 Å². The number of benzene rings is 3. The van der Waals surface area contributed by atoms with Crippen molar-refractivity contribution in [2.45, 2.75) is 6.61 Å². The molecule has 0 saturated carbocycles. The van der Waals surface area contributed by atoms with E-state index in [0.29, 0.717) is 17.9 Å². The molecule has 1 heterocycles. The molecule has 160 valence electrons. The third kappa shape index (κ3) is 5.37. The molecule has 8 nitrogen and oxygen atoms in total. The quantitative estimate of drug-likeness (QED) is 0.327. The van der Waals surface area contributed by atoms with Crippen LogP contribution in [0.2, 0.25) is 0 Å². The van der Waals surface area contributed by atoms with Crippen LogP contribution in [0.1, 0.15) is 11.1 Å². The van der Waals surface area contributed by atoms with Crippen LogP contribution in [0.3, 0.4) is 0 Å². The normalized spacial score (nSPS) is 10.8. The predicted molar refractivity (Wildman–Crippen MR) is 123 cm³/mol. The van der Waals surface area contributed by atoms with Gasteiger partial charge in [0.05, 0.1) is 13.3 Å². The van der Waals surface area contributed by atoms with Gasteiger partial charge in [-0.15, -0.1) is 10.2 Å². The van der Waals surface area contributed by atoms with Crippen LogP contribution in [0.4, 0.5) is 5.95 Å². The van der Waals surface area contributed by atoms with Gasteiger partial charge < -0.3 is 9.47 Å². The molecule has 0 fully saturated rings. The van der Waals surface area contributed by atoms with Gasteiger partial charge >= 0.3 is 0 Å². The molecular weight excluding hydrogens is 406 g/mol. The lowest BCUT2D eigenvalue weighted by atomic mass is 10.1. The summed E-state index contributed by atoms with van der Waals surface area (Å²) in [6.07, 6.45) is 1.61. The minimum atomic E-state index is -0.372. The Morgan fingerprint density at radius 2 is 1.66 bits per heavy atom. The fourth-order valence-corrected chi connectivity index (χ4v) is 2.88. The highest BCUT2D eigenvalue weighted by Gasteiger charge is 2.07. The smallest absolute Gasteiger partial charge is 0.279 e. The second kappa shape index (κ2) is 10.0. The molecule has 3 aromatic carbocycles. The molecule has 0 saturated heterocycles. The lowest BCUT2D eigenvalue weighted by Gasteiger charge is -2.06. The van der Waals surface area contributed by atoms with Crippen LogP contribution in [0.15, 0.2) is 88.8 Å². The number of nitrogens with zero attached hydrogens (tertiary/aromatic N) is 3. The van der Waals surface area contributed by atoms with Crippen LogP contribution in [0.25, 0.3) is 11.3 Å². The zero-order valence-electron chi connectivity index (χ0n) is 17.4. The number of aromatic nitrogens is 3. The van der Waals surface area contributed by atoms with Gasteiger partial charge in [-0.2, -0.15) is 5.10 Å². The number of methoxy groups -OCH3 is 1. The van der Waals surface area contributed by atoms with E-state index in [4.69, 9.17) is 9.47 Å². The predicted octanol–water partition coefficient (Wildman–Crippen LogP) is 3.87. The Labute approximate surface area is 184 Å². The monoisotopic (exact) mass is 427 g/mol. The third-order valence-electron chi connectivity index (χ3n) is 4.57. The fraction of sp³-hybridized carbons (Fsp3) is 0.0833. The molecule has 0 amide bonds. The summed E-state index contributed by atoms with van der Waals surface area (Å²) in [7, 11) is 1.58. The average Bonchev–Trinajstić information content (AvgIpc) is 2.84. The van der Waals surface area contributed by atoms with Gasteiger partial charge in [0.25, 0.3) is 5.56 Å². The maximum Gasteiger partial charge on any atom is 0.279 e. The van der Waals surface area contributed by atoms with Gasteiger partial charge in [0, 0.05) is 5.56 Å². The zero-order chi connectivity index (χ0) is 22.2. The van der Waals surface area contributed by atoms with E-state index in [9.17, 15) is 4.79 Å². The Bertz CT molecular complexity index is 1240. The summed E-state index contributed by atoms with van der Waals surface area (Å²) in [5.74, 6) is 1.61. The summed E-state index contributed by atoms with van der Waals surface area (Å²) in [4.78, 5) is 15.0. The van der Waals surface area contributed by atoms with Crippen molar-refractivity contribution >= 4 is 12.2 Å².